The first-order valence-electron chi connectivity index (χ1n) is 3.26. The van der Waals surface area contributed by atoms with Crippen molar-refractivity contribution in [1.29, 1.82) is 0 Å². The number of H-pyrrole nitrogens is 1. The third kappa shape index (κ3) is 2.25. The summed E-state index contributed by atoms with van der Waals surface area (Å²) in [5.74, 6) is 0. The molecule has 1 heterocycles. The van der Waals surface area contributed by atoms with Crippen molar-refractivity contribution in [3.05, 3.63) is 21.9 Å². The zero-order valence-corrected chi connectivity index (χ0v) is 8.80. The number of halogens is 1. The fourth-order valence-corrected chi connectivity index (χ4v) is 1.72. The molecule has 1 aromatic rings. The Morgan fingerprint density at radius 3 is 2.42 bits per heavy atom. The number of hydrogen-bond donors (Lipinski definition) is 1. The third-order valence-corrected chi connectivity index (χ3v) is 2.45. The highest BCUT2D eigenvalue weighted by Crippen LogP contribution is 2.18. The maximum Gasteiger partial charge on any atom is 0.345 e. The van der Waals surface area contributed by atoms with Gasteiger partial charge in [0.25, 0.3) is 0 Å². The van der Waals surface area contributed by atoms with Crippen molar-refractivity contribution in [3.63, 3.8) is 0 Å². The topological polar surface area (TPSA) is 45.8 Å². The highest BCUT2D eigenvalue weighted by atomic mass is 35.5. The van der Waals surface area contributed by atoms with E-state index in [1.165, 1.54) is 0 Å². The maximum atomic E-state index is 10.8. The summed E-state index contributed by atoms with van der Waals surface area (Å²) in [6, 6.07) is 0. The van der Waals surface area contributed by atoms with Gasteiger partial charge in [0, 0.05) is 10.6 Å². The molecule has 0 amide bonds. The molecule has 1 N–H and O–H groups in total. The van der Waals surface area contributed by atoms with Crippen LogP contribution in [0, 0.1) is 13.8 Å². The molecule has 5 heteroatoms. The van der Waals surface area contributed by atoms with Crippen LogP contribution < -0.4 is 5.69 Å². The zero-order chi connectivity index (χ0) is 8.43. The van der Waals surface area contributed by atoms with E-state index in [9.17, 15) is 4.79 Å². The first-order chi connectivity index (χ1) is 5.15. The van der Waals surface area contributed by atoms with Crippen LogP contribution >= 0.6 is 24.2 Å². The number of hydrogen-bond acceptors (Lipinski definition) is 3. The van der Waals surface area contributed by atoms with Crippen LogP contribution in [0.4, 0.5) is 0 Å². The molecule has 1 rings (SSSR count). The monoisotopic (exact) mass is 206 g/mol. The van der Waals surface area contributed by atoms with Gasteiger partial charge >= 0.3 is 5.69 Å². The van der Waals surface area contributed by atoms with Gasteiger partial charge in [0.1, 0.15) is 0 Å². The molecule has 0 bridgehead atoms. The van der Waals surface area contributed by atoms with Crippen LogP contribution in [0.3, 0.4) is 0 Å². The number of aromatic amines is 1. The van der Waals surface area contributed by atoms with Gasteiger partial charge in [-0.25, -0.2) is 4.79 Å². The first-order valence-corrected chi connectivity index (χ1v) is 4.49. The second-order valence-corrected chi connectivity index (χ2v) is 3.10. The van der Waals surface area contributed by atoms with Gasteiger partial charge in [-0.05, 0) is 20.1 Å². The molecule has 0 aromatic carbocycles. The Kier molecular flexibility index (Phi) is 4.34. The molecule has 0 aliphatic rings. The number of aryl methyl sites for hydroxylation is 2. The highest BCUT2D eigenvalue weighted by molar-refractivity contribution is 7.98. The predicted molar refractivity (Wildman–Crippen MR) is 53.4 cm³/mol. The largest absolute Gasteiger partial charge is 0.345 e. The van der Waals surface area contributed by atoms with E-state index in [4.69, 9.17) is 0 Å². The van der Waals surface area contributed by atoms with E-state index >= 15 is 0 Å². The van der Waals surface area contributed by atoms with Crippen molar-refractivity contribution >= 4 is 24.2 Å². The minimum atomic E-state index is -0.266. The van der Waals surface area contributed by atoms with Gasteiger partial charge in [0.15, 0.2) is 0 Å². The second-order valence-electron chi connectivity index (χ2n) is 2.29. The summed E-state index contributed by atoms with van der Waals surface area (Å²) in [4.78, 5) is 18.3. The van der Waals surface area contributed by atoms with Crippen molar-refractivity contribution < 1.29 is 0 Å². The van der Waals surface area contributed by atoms with Gasteiger partial charge in [-0.2, -0.15) is 4.98 Å². The fraction of sp³-hybridized carbons (Fsp3) is 0.429. The summed E-state index contributed by atoms with van der Waals surface area (Å²) in [5, 5.41) is 0. The number of aromatic nitrogens is 2. The first kappa shape index (κ1) is 11.5. The third-order valence-electron chi connectivity index (χ3n) is 1.44. The van der Waals surface area contributed by atoms with Crippen LogP contribution in [0.15, 0.2) is 9.69 Å². The molecule has 1 aromatic heterocycles. The predicted octanol–water partition coefficient (Wildman–Crippen LogP) is 1.53. The molecule has 0 unspecified atom stereocenters. The van der Waals surface area contributed by atoms with Crippen LogP contribution in [0.5, 0.6) is 0 Å². The minimum absolute atomic E-state index is 0. The number of thioether (sulfide) groups is 1. The molecule has 0 radical (unpaired) electrons. The Morgan fingerprint density at radius 2 is 2.00 bits per heavy atom. The lowest BCUT2D eigenvalue weighted by Gasteiger charge is -2.02. The van der Waals surface area contributed by atoms with Crippen LogP contribution in [-0.4, -0.2) is 16.2 Å². The van der Waals surface area contributed by atoms with Crippen molar-refractivity contribution in [2.75, 3.05) is 6.26 Å². The molecular weight excluding hydrogens is 196 g/mol. The summed E-state index contributed by atoms with van der Waals surface area (Å²) in [6.45, 7) is 3.72. The average molecular weight is 207 g/mol. The fourth-order valence-electron chi connectivity index (χ4n) is 1.02. The molecule has 0 aliphatic heterocycles. The van der Waals surface area contributed by atoms with Crippen molar-refractivity contribution in [3.8, 4) is 0 Å². The standard InChI is InChI=1S/C7H10N2OS.ClH/c1-4-6(11-3)5(2)9-7(10)8-4;/h1-3H3,(H,8,9,10);1H. The molecule has 0 fully saturated rings. The molecule has 0 saturated carbocycles. The van der Waals surface area contributed by atoms with E-state index in [1.807, 2.05) is 20.1 Å². The quantitative estimate of drug-likeness (QED) is 0.709. The summed E-state index contributed by atoms with van der Waals surface area (Å²) in [5.41, 5.74) is 1.44. The van der Waals surface area contributed by atoms with E-state index in [1.54, 1.807) is 11.8 Å². The number of rotatable bonds is 1. The van der Waals surface area contributed by atoms with Gasteiger partial charge in [0.2, 0.25) is 0 Å². The maximum absolute atomic E-state index is 10.8. The van der Waals surface area contributed by atoms with Gasteiger partial charge in [-0.1, -0.05) is 0 Å². The van der Waals surface area contributed by atoms with Crippen LogP contribution in [0.25, 0.3) is 0 Å². The summed E-state index contributed by atoms with van der Waals surface area (Å²) < 4.78 is 0. The Bertz CT molecular complexity index is 297. The molecule has 68 valence electrons. The molecule has 12 heavy (non-hydrogen) atoms. The van der Waals surface area contributed by atoms with Crippen molar-refractivity contribution in [1.82, 2.24) is 9.97 Å². The summed E-state index contributed by atoms with van der Waals surface area (Å²) in [7, 11) is 0. The number of nitrogens with zero attached hydrogens (tertiary/aromatic N) is 1. The molecule has 0 aliphatic carbocycles. The van der Waals surface area contributed by atoms with Crippen LogP contribution in [-0.2, 0) is 0 Å². The summed E-state index contributed by atoms with van der Waals surface area (Å²) in [6.07, 6.45) is 1.97. The molecule has 3 nitrogen and oxygen atoms in total. The SMILES string of the molecule is CSc1c(C)nc(=O)[nH]c1C.Cl. The van der Waals surface area contributed by atoms with E-state index in [0.717, 1.165) is 16.3 Å². The molecular formula is C7H11ClN2OS. The van der Waals surface area contributed by atoms with E-state index in [0.29, 0.717) is 0 Å². The Hall–Kier alpha value is -0.480. The van der Waals surface area contributed by atoms with Crippen molar-refractivity contribution in [2.45, 2.75) is 18.7 Å². The van der Waals surface area contributed by atoms with Gasteiger partial charge < -0.3 is 4.98 Å². The van der Waals surface area contributed by atoms with E-state index in [-0.39, 0.29) is 18.1 Å². The van der Waals surface area contributed by atoms with Crippen LogP contribution in [0.1, 0.15) is 11.4 Å². The highest BCUT2D eigenvalue weighted by Gasteiger charge is 2.02. The minimum Gasteiger partial charge on any atom is -0.309 e. The zero-order valence-electron chi connectivity index (χ0n) is 7.17. The van der Waals surface area contributed by atoms with Crippen molar-refractivity contribution in [2.24, 2.45) is 0 Å². The lowest BCUT2D eigenvalue weighted by Crippen LogP contribution is -2.13. The lowest BCUT2D eigenvalue weighted by molar-refractivity contribution is 0.925. The Balaban J connectivity index is 0.00000121. The van der Waals surface area contributed by atoms with E-state index < -0.39 is 0 Å². The molecule has 0 atom stereocenters. The van der Waals surface area contributed by atoms with E-state index in [2.05, 4.69) is 9.97 Å². The summed E-state index contributed by atoms with van der Waals surface area (Å²) >= 11 is 1.60. The lowest BCUT2D eigenvalue weighted by atomic mass is 10.3. The van der Waals surface area contributed by atoms with Gasteiger partial charge in [0.05, 0.1) is 5.69 Å². The van der Waals surface area contributed by atoms with Gasteiger partial charge in [-0.3, -0.25) is 0 Å². The molecule has 0 saturated heterocycles. The molecule has 0 spiro atoms. The van der Waals surface area contributed by atoms with Gasteiger partial charge in [-0.15, -0.1) is 24.2 Å². The number of nitrogens with one attached hydrogen (secondary N) is 1. The second kappa shape index (κ2) is 4.52. The normalized spacial score (nSPS) is 9.25. The van der Waals surface area contributed by atoms with Crippen LogP contribution in [0.2, 0.25) is 0 Å². The Morgan fingerprint density at radius 1 is 1.42 bits per heavy atom. The Labute approximate surface area is 81.4 Å². The smallest absolute Gasteiger partial charge is 0.309 e. The average Bonchev–Trinajstić information content (AvgIpc) is 1.85.